The summed E-state index contributed by atoms with van der Waals surface area (Å²) in [5.41, 5.74) is 2.01. The number of carbonyl (C=O) groups is 1. The summed E-state index contributed by atoms with van der Waals surface area (Å²) >= 11 is 0. The first kappa shape index (κ1) is 20.7. The van der Waals surface area contributed by atoms with Gasteiger partial charge < -0.3 is 9.88 Å². The molecule has 1 N–H and O–H groups in total. The lowest BCUT2D eigenvalue weighted by Crippen LogP contribution is -2.40. The predicted molar refractivity (Wildman–Crippen MR) is 113 cm³/mol. The third kappa shape index (κ3) is 4.46. The molecule has 1 atom stereocenters. The summed E-state index contributed by atoms with van der Waals surface area (Å²) in [7, 11) is 0. The Labute approximate surface area is 176 Å². The molecule has 0 bridgehead atoms. The van der Waals surface area contributed by atoms with Gasteiger partial charge in [0.05, 0.1) is 17.8 Å². The van der Waals surface area contributed by atoms with E-state index in [-0.39, 0.29) is 23.2 Å². The van der Waals surface area contributed by atoms with Crippen LogP contribution in [0.2, 0.25) is 0 Å². The van der Waals surface area contributed by atoms with Gasteiger partial charge in [0.15, 0.2) is 0 Å². The number of piperidine rings is 1. The number of H-pyrrole nitrogens is 1. The van der Waals surface area contributed by atoms with Crippen molar-refractivity contribution in [2.24, 2.45) is 0 Å². The molecule has 7 heteroatoms. The zero-order valence-corrected chi connectivity index (χ0v) is 17.5. The highest BCUT2D eigenvalue weighted by Gasteiger charge is 2.28. The van der Waals surface area contributed by atoms with Crippen molar-refractivity contribution >= 4 is 5.91 Å². The molecule has 1 aromatic heterocycles. The maximum atomic E-state index is 14.0. The number of hydrogen-bond donors (Lipinski definition) is 1. The van der Waals surface area contributed by atoms with Crippen molar-refractivity contribution in [2.75, 3.05) is 19.6 Å². The lowest BCUT2D eigenvalue weighted by molar-refractivity contribution is -0.132. The van der Waals surface area contributed by atoms with Gasteiger partial charge in [-0.3, -0.25) is 14.5 Å². The number of nitrogens with one attached hydrogen (secondary N) is 1. The molecule has 2 aliphatic rings. The van der Waals surface area contributed by atoms with Gasteiger partial charge >= 0.3 is 0 Å². The summed E-state index contributed by atoms with van der Waals surface area (Å²) in [4.78, 5) is 36.8. The Morgan fingerprint density at radius 1 is 1.30 bits per heavy atom. The number of carbonyl (C=O) groups excluding carboxylic acids is 1. The lowest BCUT2D eigenvalue weighted by Gasteiger charge is -2.33. The van der Waals surface area contributed by atoms with E-state index in [9.17, 15) is 14.0 Å². The van der Waals surface area contributed by atoms with E-state index in [1.54, 1.807) is 11.0 Å². The van der Waals surface area contributed by atoms with Gasteiger partial charge in [-0.25, -0.2) is 9.37 Å². The van der Waals surface area contributed by atoms with Crippen molar-refractivity contribution in [3.05, 3.63) is 63.1 Å². The van der Waals surface area contributed by atoms with E-state index in [1.165, 1.54) is 6.07 Å². The molecule has 160 valence electrons. The minimum Gasteiger partial charge on any atom is -0.338 e. The van der Waals surface area contributed by atoms with Crippen LogP contribution >= 0.6 is 0 Å². The van der Waals surface area contributed by atoms with Gasteiger partial charge in [-0.2, -0.15) is 0 Å². The number of aromatic nitrogens is 2. The number of nitrogens with zero attached hydrogens (tertiary/aromatic N) is 3. The molecule has 1 amide bonds. The zero-order valence-electron chi connectivity index (χ0n) is 17.5. The predicted octanol–water partition coefficient (Wildman–Crippen LogP) is 2.97. The summed E-state index contributed by atoms with van der Waals surface area (Å²) in [6.07, 6.45) is 3.88. The van der Waals surface area contributed by atoms with E-state index in [0.717, 1.165) is 43.9 Å². The normalized spacial score (nSPS) is 19.5. The lowest BCUT2D eigenvalue weighted by atomic mass is 9.96. The van der Waals surface area contributed by atoms with Crippen LogP contribution in [-0.4, -0.2) is 45.3 Å². The van der Waals surface area contributed by atoms with Crippen molar-refractivity contribution in [1.29, 1.82) is 0 Å². The summed E-state index contributed by atoms with van der Waals surface area (Å²) in [5.74, 6) is 0.776. The fourth-order valence-electron chi connectivity index (χ4n) is 4.51. The van der Waals surface area contributed by atoms with Gasteiger partial charge in [-0.1, -0.05) is 25.1 Å². The highest BCUT2D eigenvalue weighted by Crippen LogP contribution is 2.26. The molecule has 0 saturated carbocycles. The van der Waals surface area contributed by atoms with E-state index >= 15 is 0 Å². The molecule has 2 aliphatic heterocycles. The topological polar surface area (TPSA) is 69.3 Å². The number of fused-ring (bicyclic) bond motifs is 1. The molecular formula is C23H29FN4O2. The van der Waals surface area contributed by atoms with Gasteiger partial charge in [-0.15, -0.1) is 0 Å². The first-order valence-corrected chi connectivity index (χ1v) is 10.9. The molecule has 0 aliphatic carbocycles. The maximum absolute atomic E-state index is 14.0. The number of amides is 1. The quantitative estimate of drug-likeness (QED) is 0.820. The molecule has 0 spiro atoms. The Morgan fingerprint density at radius 3 is 2.93 bits per heavy atom. The van der Waals surface area contributed by atoms with Crippen LogP contribution in [0.3, 0.4) is 0 Å². The van der Waals surface area contributed by atoms with Gasteiger partial charge in [0.2, 0.25) is 5.91 Å². The Morgan fingerprint density at radius 2 is 2.13 bits per heavy atom. The van der Waals surface area contributed by atoms with Gasteiger partial charge in [0.1, 0.15) is 11.6 Å². The third-order valence-corrected chi connectivity index (χ3v) is 6.15. The van der Waals surface area contributed by atoms with Gasteiger partial charge in [0.25, 0.3) is 5.56 Å². The second-order valence-electron chi connectivity index (χ2n) is 8.36. The summed E-state index contributed by atoms with van der Waals surface area (Å²) in [6, 6.07) is 6.88. The molecule has 1 aromatic carbocycles. The van der Waals surface area contributed by atoms with E-state index in [4.69, 9.17) is 4.98 Å². The standard InChI is InChI=1S/C23H29FN4O2/c1-2-6-21(29)28-12-10-20-18(15-28)23(30)26-22(25-20)17-8-5-11-27(14-17)13-16-7-3-4-9-19(16)24/h3-4,7,9,17H,2,5-6,8,10-15H2,1H3,(H,25,26,30)/t17-/m1/s1. The fraction of sp³-hybridized carbons (Fsp3) is 0.522. The Kier molecular flexibility index (Phi) is 6.27. The Hall–Kier alpha value is -2.54. The molecule has 6 nitrogen and oxygen atoms in total. The van der Waals surface area contributed by atoms with Crippen LogP contribution in [0.4, 0.5) is 4.39 Å². The highest BCUT2D eigenvalue weighted by molar-refractivity contribution is 5.76. The van der Waals surface area contributed by atoms with Crippen LogP contribution in [0.1, 0.15) is 61.2 Å². The van der Waals surface area contributed by atoms with Crippen molar-refractivity contribution in [1.82, 2.24) is 19.8 Å². The fourth-order valence-corrected chi connectivity index (χ4v) is 4.51. The van der Waals surface area contributed by atoms with Crippen LogP contribution < -0.4 is 5.56 Å². The summed E-state index contributed by atoms with van der Waals surface area (Å²) in [5, 5.41) is 0. The molecule has 30 heavy (non-hydrogen) atoms. The molecule has 1 fully saturated rings. The number of hydrogen-bond acceptors (Lipinski definition) is 4. The van der Waals surface area contributed by atoms with E-state index in [0.29, 0.717) is 43.6 Å². The second kappa shape index (κ2) is 9.08. The number of aromatic amines is 1. The molecule has 2 aromatic rings. The minimum absolute atomic E-state index is 0.0997. The maximum Gasteiger partial charge on any atom is 0.256 e. The first-order chi connectivity index (χ1) is 14.5. The average Bonchev–Trinajstić information content (AvgIpc) is 2.75. The van der Waals surface area contributed by atoms with Crippen LogP contribution in [0, 0.1) is 5.82 Å². The smallest absolute Gasteiger partial charge is 0.256 e. The number of rotatable bonds is 5. The van der Waals surface area contributed by atoms with Crippen LogP contribution in [0.5, 0.6) is 0 Å². The monoisotopic (exact) mass is 412 g/mol. The van der Waals surface area contributed by atoms with E-state index < -0.39 is 0 Å². The Balaban J connectivity index is 1.48. The molecular weight excluding hydrogens is 383 g/mol. The third-order valence-electron chi connectivity index (χ3n) is 6.15. The molecule has 0 radical (unpaired) electrons. The van der Waals surface area contributed by atoms with Crippen molar-refractivity contribution < 1.29 is 9.18 Å². The first-order valence-electron chi connectivity index (χ1n) is 10.9. The van der Waals surface area contributed by atoms with Crippen molar-refractivity contribution in [3.63, 3.8) is 0 Å². The SMILES string of the molecule is CCCC(=O)N1CCc2nc([C@@H]3CCCN(Cc4ccccc4F)C3)[nH]c(=O)c2C1. The van der Waals surface area contributed by atoms with Gasteiger partial charge in [0, 0.05) is 44.0 Å². The number of benzene rings is 1. The molecule has 3 heterocycles. The van der Waals surface area contributed by atoms with Crippen molar-refractivity contribution in [3.8, 4) is 0 Å². The Bertz CT molecular complexity index is 974. The van der Waals surface area contributed by atoms with E-state index in [1.807, 2.05) is 19.1 Å². The zero-order chi connectivity index (χ0) is 21.1. The minimum atomic E-state index is -0.179. The van der Waals surface area contributed by atoms with Crippen LogP contribution in [0.25, 0.3) is 0 Å². The van der Waals surface area contributed by atoms with Gasteiger partial charge in [-0.05, 0) is 31.9 Å². The van der Waals surface area contributed by atoms with Crippen LogP contribution in [0.15, 0.2) is 29.1 Å². The highest BCUT2D eigenvalue weighted by atomic mass is 19.1. The van der Waals surface area contributed by atoms with Crippen LogP contribution in [-0.2, 0) is 24.3 Å². The largest absolute Gasteiger partial charge is 0.338 e. The average molecular weight is 413 g/mol. The summed E-state index contributed by atoms with van der Waals surface area (Å²) in [6.45, 7) is 5.17. The molecule has 4 rings (SSSR count). The number of halogens is 1. The second-order valence-corrected chi connectivity index (χ2v) is 8.36. The molecule has 1 saturated heterocycles. The molecule has 0 unspecified atom stereocenters. The van der Waals surface area contributed by atoms with E-state index in [2.05, 4.69) is 9.88 Å². The number of likely N-dealkylation sites (tertiary alicyclic amines) is 1. The van der Waals surface area contributed by atoms with Crippen molar-refractivity contribution in [2.45, 2.75) is 58.0 Å². The summed E-state index contributed by atoms with van der Waals surface area (Å²) < 4.78 is 14.0.